The Kier molecular flexibility index (Phi) is 8.11. The Morgan fingerprint density at radius 1 is 0.949 bits per heavy atom. The van der Waals surface area contributed by atoms with E-state index in [2.05, 4.69) is 19.8 Å². The zero-order valence-electron chi connectivity index (χ0n) is 21.2. The van der Waals surface area contributed by atoms with E-state index < -0.39 is 12.0 Å². The van der Waals surface area contributed by atoms with E-state index in [1.807, 2.05) is 24.3 Å². The summed E-state index contributed by atoms with van der Waals surface area (Å²) in [4.78, 5) is 13.3. The Morgan fingerprint density at radius 3 is 2.38 bits per heavy atom. The third kappa shape index (κ3) is 6.21. The van der Waals surface area contributed by atoms with Crippen LogP contribution in [0, 0.1) is 0 Å². The zero-order chi connectivity index (χ0) is 27.4. The Labute approximate surface area is 223 Å². The number of fused-ring (bicyclic) bond motifs is 1. The fourth-order valence-corrected chi connectivity index (χ4v) is 5.33. The number of benzene rings is 2. The smallest absolute Gasteiger partial charge is 0.451 e. The first-order valence-corrected chi connectivity index (χ1v) is 13.0. The van der Waals surface area contributed by atoms with Crippen LogP contribution in [0.1, 0.15) is 53.8 Å². The van der Waals surface area contributed by atoms with Gasteiger partial charge in [-0.25, -0.2) is 9.97 Å². The maximum atomic E-state index is 13.1. The van der Waals surface area contributed by atoms with Crippen LogP contribution in [0.25, 0.3) is 11.1 Å². The topological polar surface area (TPSA) is 47.5 Å². The molecule has 0 bridgehead atoms. The molecule has 10 heteroatoms. The summed E-state index contributed by atoms with van der Waals surface area (Å²) in [6.07, 6.45) is 1.10. The van der Waals surface area contributed by atoms with Crippen molar-refractivity contribution in [1.82, 2.24) is 14.9 Å². The van der Waals surface area contributed by atoms with Gasteiger partial charge in [0.25, 0.3) is 0 Å². The summed E-state index contributed by atoms with van der Waals surface area (Å²) in [7, 11) is 0. The summed E-state index contributed by atoms with van der Waals surface area (Å²) in [6.45, 7) is 2.01. The Morgan fingerprint density at radius 2 is 1.69 bits per heavy atom. The molecule has 2 heterocycles. The number of aryl methyl sites for hydroxylation is 1. The van der Waals surface area contributed by atoms with E-state index in [0.29, 0.717) is 43.5 Å². The summed E-state index contributed by atoms with van der Waals surface area (Å²) in [5, 5.41) is 0. The van der Waals surface area contributed by atoms with E-state index in [0.717, 1.165) is 47.3 Å². The average molecular weight is 546 g/mol. The quantitative estimate of drug-likeness (QED) is 0.289. The largest absolute Gasteiger partial charge is 0.489 e. The average Bonchev–Trinajstić information content (AvgIpc) is 3.29. The van der Waals surface area contributed by atoms with Crippen molar-refractivity contribution in [3.63, 3.8) is 0 Å². The zero-order valence-corrected chi connectivity index (χ0v) is 21.2. The molecule has 1 aliphatic carbocycles. The third-order valence-corrected chi connectivity index (χ3v) is 7.15. The first-order chi connectivity index (χ1) is 18.9. The number of alkyl halides is 4. The van der Waals surface area contributed by atoms with Crippen molar-refractivity contribution in [2.75, 3.05) is 26.3 Å². The highest BCUT2D eigenvalue weighted by Crippen LogP contribution is 2.41. The van der Waals surface area contributed by atoms with Crippen molar-refractivity contribution < 1.29 is 31.8 Å². The lowest BCUT2D eigenvalue weighted by Crippen LogP contribution is -2.26. The normalized spacial score (nSPS) is 18.1. The highest BCUT2D eigenvalue weighted by molar-refractivity contribution is 5.99. The van der Waals surface area contributed by atoms with Crippen molar-refractivity contribution in [3.05, 3.63) is 82.9 Å². The molecular formula is C29H28F5N3O2. The van der Waals surface area contributed by atoms with Gasteiger partial charge in [-0.05, 0) is 84.2 Å². The fourth-order valence-electron chi connectivity index (χ4n) is 5.33. The van der Waals surface area contributed by atoms with Crippen molar-refractivity contribution in [2.45, 2.75) is 44.4 Å². The van der Waals surface area contributed by atoms with Gasteiger partial charge >= 0.3 is 6.18 Å². The highest BCUT2D eigenvalue weighted by atomic mass is 19.4. The highest BCUT2D eigenvalue weighted by Gasteiger charge is 2.34. The van der Waals surface area contributed by atoms with E-state index in [1.54, 1.807) is 12.1 Å². The number of ether oxygens (including phenoxy) is 1. The molecule has 1 saturated heterocycles. The molecule has 1 aliphatic heterocycles. The number of aromatic nitrogens is 2. The summed E-state index contributed by atoms with van der Waals surface area (Å²) < 4.78 is 70.9. The predicted octanol–water partition coefficient (Wildman–Crippen LogP) is 6.87. The van der Waals surface area contributed by atoms with Crippen molar-refractivity contribution in [3.8, 4) is 11.5 Å². The van der Waals surface area contributed by atoms with E-state index in [1.165, 1.54) is 18.5 Å². The lowest BCUT2D eigenvalue weighted by molar-refractivity contribution is -0.145. The standard InChI is InChI=1S/C29H28F5N3O2/c30-12-2-13-37-14-11-24(18-37)38-22-7-5-19(6-8-22)27-25(21-16-35-28(36-17-21)29(31,32)33)4-1-3-20-15-23(39-34)9-10-26(20)27/h5-10,15-17,24H,1-4,11-14,18H2/t24-/m0/s1. The molecule has 0 radical (unpaired) electrons. The minimum absolute atomic E-state index is 0.0206. The van der Waals surface area contributed by atoms with Crippen LogP contribution in [0.15, 0.2) is 54.9 Å². The van der Waals surface area contributed by atoms with E-state index in [9.17, 15) is 22.1 Å². The van der Waals surface area contributed by atoms with Crippen molar-refractivity contribution in [1.29, 1.82) is 0 Å². The predicted molar refractivity (Wildman–Crippen MR) is 137 cm³/mol. The molecule has 0 spiro atoms. The number of halogens is 5. The molecule has 1 fully saturated rings. The minimum Gasteiger partial charge on any atom is -0.489 e. The van der Waals surface area contributed by atoms with Gasteiger partial charge in [0.1, 0.15) is 11.9 Å². The van der Waals surface area contributed by atoms with Gasteiger partial charge in [0, 0.05) is 42.1 Å². The third-order valence-electron chi connectivity index (χ3n) is 7.15. The molecule has 1 aromatic heterocycles. The maximum absolute atomic E-state index is 13.1. The molecule has 206 valence electrons. The Bertz CT molecular complexity index is 1310. The molecule has 0 unspecified atom stereocenters. The number of hydrogen-bond donors (Lipinski definition) is 0. The monoisotopic (exact) mass is 545 g/mol. The Balaban J connectivity index is 1.48. The number of rotatable bonds is 8. The van der Waals surface area contributed by atoms with E-state index in [4.69, 9.17) is 4.74 Å². The maximum Gasteiger partial charge on any atom is 0.451 e. The van der Waals surface area contributed by atoms with Crippen LogP contribution in [-0.2, 0) is 12.6 Å². The molecule has 2 aliphatic rings. The van der Waals surface area contributed by atoms with Crippen LogP contribution in [0.4, 0.5) is 22.1 Å². The molecule has 5 rings (SSSR count). The second-order valence-corrected chi connectivity index (χ2v) is 9.79. The van der Waals surface area contributed by atoms with Crippen LogP contribution in [0.5, 0.6) is 11.5 Å². The van der Waals surface area contributed by atoms with Gasteiger partial charge in [-0.1, -0.05) is 18.2 Å². The molecule has 0 N–H and O–H groups in total. The van der Waals surface area contributed by atoms with Crippen LogP contribution >= 0.6 is 0 Å². The lowest BCUT2D eigenvalue weighted by atomic mass is 9.88. The second kappa shape index (κ2) is 11.7. The summed E-state index contributed by atoms with van der Waals surface area (Å²) in [5.74, 6) is -0.398. The van der Waals surface area contributed by atoms with Gasteiger partial charge in [-0.2, -0.15) is 13.2 Å². The molecular weight excluding hydrogens is 517 g/mol. The number of nitrogens with zero attached hydrogens (tertiary/aromatic N) is 3. The van der Waals surface area contributed by atoms with Gasteiger partial charge in [0.05, 0.1) is 6.67 Å². The van der Waals surface area contributed by atoms with Gasteiger partial charge in [-0.15, -0.1) is 0 Å². The number of hydrogen-bond acceptors (Lipinski definition) is 5. The fraction of sp³-hybridized carbons (Fsp3) is 0.379. The molecule has 39 heavy (non-hydrogen) atoms. The lowest BCUT2D eigenvalue weighted by Gasteiger charge is -2.18. The molecule has 0 amide bonds. The summed E-state index contributed by atoms with van der Waals surface area (Å²) in [5.41, 5.74) is 4.69. The molecule has 0 saturated carbocycles. The van der Waals surface area contributed by atoms with E-state index >= 15 is 0 Å². The van der Waals surface area contributed by atoms with Gasteiger partial charge in [0.2, 0.25) is 5.82 Å². The van der Waals surface area contributed by atoms with Gasteiger partial charge < -0.3 is 4.74 Å². The van der Waals surface area contributed by atoms with Crippen LogP contribution in [0.3, 0.4) is 0 Å². The molecule has 1 atom stereocenters. The summed E-state index contributed by atoms with van der Waals surface area (Å²) in [6, 6.07) is 12.5. The second-order valence-electron chi connectivity index (χ2n) is 9.79. The van der Waals surface area contributed by atoms with Crippen LogP contribution in [-0.4, -0.2) is 47.3 Å². The molecule has 3 aromatic rings. The van der Waals surface area contributed by atoms with Crippen molar-refractivity contribution >= 4 is 11.1 Å². The first kappa shape index (κ1) is 27.1. The Hall–Kier alpha value is -3.53. The van der Waals surface area contributed by atoms with Crippen LogP contribution < -0.4 is 9.68 Å². The first-order valence-electron chi connectivity index (χ1n) is 13.0. The summed E-state index contributed by atoms with van der Waals surface area (Å²) >= 11 is 0. The van der Waals surface area contributed by atoms with Gasteiger partial charge in [-0.3, -0.25) is 14.2 Å². The SMILES string of the molecule is FCCCN1CC[C@H](Oc2ccc(C3=C(c4cnc(C(F)(F)F)nc4)CCCc4cc(OF)ccc43)cc2)C1. The number of likely N-dealkylation sites (tertiary alicyclic amines) is 1. The molecule has 5 nitrogen and oxygen atoms in total. The van der Waals surface area contributed by atoms with Crippen molar-refractivity contribution in [2.24, 2.45) is 0 Å². The van der Waals surface area contributed by atoms with Crippen LogP contribution in [0.2, 0.25) is 0 Å². The van der Waals surface area contributed by atoms with E-state index in [-0.39, 0.29) is 18.5 Å². The van der Waals surface area contributed by atoms with Gasteiger partial charge in [0.15, 0.2) is 5.75 Å². The number of allylic oxidation sites excluding steroid dienone is 1. The minimum atomic E-state index is -4.63. The molecule has 2 aromatic carbocycles.